The highest BCUT2D eigenvalue weighted by molar-refractivity contribution is 6.29. The molecule has 0 saturated heterocycles. The van der Waals surface area contributed by atoms with Crippen molar-refractivity contribution in [3.63, 3.8) is 0 Å². The lowest BCUT2D eigenvalue weighted by molar-refractivity contribution is -0.121. The van der Waals surface area contributed by atoms with Gasteiger partial charge in [0.15, 0.2) is 0 Å². The van der Waals surface area contributed by atoms with E-state index in [1.165, 1.54) is 0 Å². The zero-order valence-corrected chi connectivity index (χ0v) is 12.4. The van der Waals surface area contributed by atoms with Gasteiger partial charge in [0.2, 0.25) is 5.91 Å². The summed E-state index contributed by atoms with van der Waals surface area (Å²) in [5, 5.41) is 6.21. The minimum absolute atomic E-state index is 0.107. The first-order valence-electron chi connectivity index (χ1n) is 6.68. The second-order valence-electron chi connectivity index (χ2n) is 4.86. The van der Waals surface area contributed by atoms with Crippen LogP contribution in [-0.2, 0) is 9.53 Å². The number of halogens is 1. The molecule has 1 aliphatic rings. The number of nitrogens with one attached hydrogen (secondary N) is 2. The van der Waals surface area contributed by atoms with E-state index in [0.29, 0.717) is 30.0 Å². The van der Waals surface area contributed by atoms with Crippen molar-refractivity contribution in [3.05, 3.63) is 17.0 Å². The molecule has 1 amide bonds. The smallest absolute Gasteiger partial charge is 0.242 e. The van der Waals surface area contributed by atoms with Gasteiger partial charge in [-0.1, -0.05) is 11.6 Å². The molecule has 1 aromatic heterocycles. The molecule has 0 radical (unpaired) electrons. The Labute approximate surface area is 123 Å². The van der Waals surface area contributed by atoms with Crippen LogP contribution in [-0.4, -0.2) is 42.2 Å². The van der Waals surface area contributed by atoms with Gasteiger partial charge in [-0.2, -0.15) is 0 Å². The number of hydrogen-bond donors (Lipinski definition) is 2. The molecule has 0 bridgehead atoms. The molecule has 1 saturated carbocycles. The molecule has 1 aromatic rings. The number of amides is 1. The summed E-state index contributed by atoms with van der Waals surface area (Å²) < 4.78 is 4.88. The first-order chi connectivity index (χ1) is 9.60. The van der Waals surface area contributed by atoms with Crippen LogP contribution in [0.25, 0.3) is 0 Å². The van der Waals surface area contributed by atoms with E-state index in [4.69, 9.17) is 16.3 Å². The maximum atomic E-state index is 11.8. The number of rotatable bonds is 7. The largest absolute Gasteiger partial charge is 0.383 e. The Morgan fingerprint density at radius 3 is 2.95 bits per heavy atom. The highest BCUT2D eigenvalue weighted by atomic mass is 35.5. The second kappa shape index (κ2) is 6.85. The van der Waals surface area contributed by atoms with E-state index in [-0.39, 0.29) is 5.91 Å². The lowest BCUT2D eigenvalue weighted by atomic mass is 10.3. The number of methoxy groups -OCH3 is 1. The maximum absolute atomic E-state index is 11.8. The van der Waals surface area contributed by atoms with Crippen LogP contribution >= 0.6 is 11.6 Å². The first kappa shape index (κ1) is 15.0. The van der Waals surface area contributed by atoms with Crippen LogP contribution in [0.15, 0.2) is 6.07 Å². The van der Waals surface area contributed by atoms with Gasteiger partial charge >= 0.3 is 0 Å². The Kier molecular flexibility index (Phi) is 5.14. The second-order valence-corrected chi connectivity index (χ2v) is 5.25. The minimum Gasteiger partial charge on any atom is -0.383 e. The molecule has 20 heavy (non-hydrogen) atoms. The van der Waals surface area contributed by atoms with Crippen molar-refractivity contribution >= 4 is 23.3 Å². The highest BCUT2D eigenvalue weighted by Gasteiger charge is 2.27. The number of ether oxygens (including phenoxy) is 1. The maximum Gasteiger partial charge on any atom is 0.242 e. The van der Waals surface area contributed by atoms with Gasteiger partial charge in [-0.15, -0.1) is 0 Å². The topological polar surface area (TPSA) is 76.1 Å². The molecule has 0 aliphatic heterocycles. The fraction of sp³-hybridized carbons (Fsp3) is 0.615. The SMILES string of the molecule is COCCNC(=O)C(C)Nc1cc(Cl)nc(C2CC2)n1. The van der Waals surface area contributed by atoms with Crippen molar-refractivity contribution < 1.29 is 9.53 Å². The van der Waals surface area contributed by atoms with E-state index < -0.39 is 6.04 Å². The predicted octanol–water partition coefficient (Wildman–Crippen LogP) is 1.57. The van der Waals surface area contributed by atoms with Crippen molar-refractivity contribution in [3.8, 4) is 0 Å². The number of nitrogens with zero attached hydrogens (tertiary/aromatic N) is 2. The van der Waals surface area contributed by atoms with E-state index in [1.54, 1.807) is 20.1 Å². The summed E-state index contributed by atoms with van der Waals surface area (Å²) in [4.78, 5) is 20.4. The van der Waals surface area contributed by atoms with Crippen LogP contribution < -0.4 is 10.6 Å². The third kappa shape index (κ3) is 4.31. The molecule has 1 atom stereocenters. The standard InChI is InChI=1S/C13H19ClN4O2/c1-8(13(19)15-5-6-20-2)16-11-7-10(14)17-12(18-11)9-3-4-9/h7-9H,3-6H2,1-2H3,(H,15,19)(H,16,17,18). The summed E-state index contributed by atoms with van der Waals surface area (Å²) in [5.41, 5.74) is 0. The van der Waals surface area contributed by atoms with Crippen molar-refractivity contribution in [1.82, 2.24) is 15.3 Å². The van der Waals surface area contributed by atoms with Crippen LogP contribution in [0.4, 0.5) is 5.82 Å². The zero-order valence-electron chi connectivity index (χ0n) is 11.6. The molecule has 1 aliphatic carbocycles. The van der Waals surface area contributed by atoms with Crippen LogP contribution in [0.5, 0.6) is 0 Å². The van der Waals surface area contributed by atoms with E-state index >= 15 is 0 Å². The highest BCUT2D eigenvalue weighted by Crippen LogP contribution is 2.38. The van der Waals surface area contributed by atoms with Gasteiger partial charge in [0.05, 0.1) is 6.61 Å². The predicted molar refractivity (Wildman–Crippen MR) is 77.0 cm³/mol. The van der Waals surface area contributed by atoms with Crippen LogP contribution in [0.3, 0.4) is 0 Å². The van der Waals surface area contributed by atoms with Crippen molar-refractivity contribution in [1.29, 1.82) is 0 Å². The monoisotopic (exact) mass is 298 g/mol. The van der Waals surface area contributed by atoms with Gasteiger partial charge in [-0.3, -0.25) is 4.79 Å². The number of aromatic nitrogens is 2. The summed E-state index contributed by atoms with van der Waals surface area (Å²) >= 11 is 5.98. The molecule has 1 heterocycles. The Morgan fingerprint density at radius 2 is 2.30 bits per heavy atom. The van der Waals surface area contributed by atoms with Gasteiger partial charge in [0.25, 0.3) is 0 Å². The fourth-order valence-electron chi connectivity index (χ4n) is 1.75. The van der Waals surface area contributed by atoms with E-state index in [1.807, 2.05) is 0 Å². The number of anilines is 1. The lowest BCUT2D eigenvalue weighted by Crippen LogP contribution is -2.39. The summed E-state index contributed by atoms with van der Waals surface area (Å²) in [6.07, 6.45) is 2.21. The average molecular weight is 299 g/mol. The Balaban J connectivity index is 1.93. The molecular formula is C13H19ClN4O2. The molecule has 110 valence electrons. The van der Waals surface area contributed by atoms with Gasteiger partial charge in [-0.25, -0.2) is 9.97 Å². The Bertz CT molecular complexity index is 479. The van der Waals surface area contributed by atoms with Crippen molar-refractivity contribution in [2.24, 2.45) is 0 Å². The van der Waals surface area contributed by atoms with Gasteiger partial charge in [0.1, 0.15) is 22.8 Å². The average Bonchev–Trinajstić information content (AvgIpc) is 3.22. The fourth-order valence-corrected chi connectivity index (χ4v) is 1.94. The first-order valence-corrected chi connectivity index (χ1v) is 7.05. The van der Waals surface area contributed by atoms with E-state index in [9.17, 15) is 4.79 Å². The normalized spacial score (nSPS) is 15.8. The van der Waals surface area contributed by atoms with E-state index in [2.05, 4.69) is 20.6 Å². The summed E-state index contributed by atoms with van der Waals surface area (Å²) in [7, 11) is 1.59. The molecule has 0 aromatic carbocycles. The van der Waals surface area contributed by atoms with Gasteiger partial charge < -0.3 is 15.4 Å². The summed E-state index contributed by atoms with van der Waals surface area (Å²) in [5.74, 6) is 1.65. The quantitative estimate of drug-likeness (QED) is 0.590. The van der Waals surface area contributed by atoms with Crippen molar-refractivity contribution in [2.45, 2.75) is 31.7 Å². The molecule has 7 heteroatoms. The number of hydrogen-bond acceptors (Lipinski definition) is 5. The Morgan fingerprint density at radius 1 is 1.55 bits per heavy atom. The van der Waals surface area contributed by atoms with Crippen LogP contribution in [0.1, 0.15) is 31.5 Å². The van der Waals surface area contributed by atoms with Crippen LogP contribution in [0, 0.1) is 0 Å². The zero-order chi connectivity index (χ0) is 14.5. The molecule has 1 fully saturated rings. The van der Waals surface area contributed by atoms with Crippen molar-refractivity contribution in [2.75, 3.05) is 25.6 Å². The van der Waals surface area contributed by atoms with Crippen LogP contribution in [0.2, 0.25) is 5.15 Å². The molecule has 0 spiro atoms. The van der Waals surface area contributed by atoms with Gasteiger partial charge in [-0.05, 0) is 19.8 Å². The third-order valence-corrected chi connectivity index (χ3v) is 3.21. The molecular weight excluding hydrogens is 280 g/mol. The number of carbonyl (C=O) groups excluding carboxylic acids is 1. The van der Waals surface area contributed by atoms with E-state index in [0.717, 1.165) is 18.7 Å². The third-order valence-electron chi connectivity index (χ3n) is 3.02. The molecule has 1 unspecified atom stereocenters. The minimum atomic E-state index is -0.398. The Hall–Kier alpha value is -1.40. The molecule has 2 rings (SSSR count). The molecule has 2 N–H and O–H groups in total. The number of carbonyl (C=O) groups is 1. The van der Waals surface area contributed by atoms with Gasteiger partial charge in [0, 0.05) is 25.6 Å². The summed E-state index contributed by atoms with van der Waals surface area (Å²) in [6, 6.07) is 1.23. The lowest BCUT2D eigenvalue weighted by Gasteiger charge is -2.15. The molecule has 6 nitrogen and oxygen atoms in total. The summed E-state index contributed by atoms with van der Waals surface area (Å²) in [6.45, 7) is 2.75.